The van der Waals surface area contributed by atoms with Gasteiger partial charge in [-0.3, -0.25) is 18.8 Å². The number of aryl methyl sites for hydroxylation is 1. The van der Waals surface area contributed by atoms with E-state index in [0.29, 0.717) is 36.1 Å². The molecule has 0 saturated carbocycles. The summed E-state index contributed by atoms with van der Waals surface area (Å²) in [5, 5.41) is 4.62. The minimum atomic E-state index is -0.473. The van der Waals surface area contributed by atoms with Gasteiger partial charge in [-0.2, -0.15) is 5.10 Å². The molecule has 1 aromatic carbocycles. The van der Waals surface area contributed by atoms with E-state index in [2.05, 4.69) is 10.1 Å². The van der Waals surface area contributed by atoms with E-state index >= 15 is 0 Å². The van der Waals surface area contributed by atoms with E-state index in [1.807, 2.05) is 24.7 Å². The van der Waals surface area contributed by atoms with Crippen molar-refractivity contribution >= 4 is 16.8 Å². The minimum Gasteiger partial charge on any atom is -0.334 e. The molecule has 8 nitrogen and oxygen atoms in total. The monoisotopic (exact) mass is 369 g/mol. The zero-order chi connectivity index (χ0) is 19.6. The number of hydrogen-bond acceptors (Lipinski definition) is 4. The molecule has 0 atom stereocenters. The number of amides is 1. The molecular weight excluding hydrogens is 346 g/mol. The standard InChI is InChI=1S/C19H23N5O3/c1-4-22(11-13-10-20-23(5-2)12-13)17(25)14-7-8-15-16(9-14)21-19(27)24(6-3)18(15)26/h7-10,12H,4-6,11H2,1-3H3,(H,21,27). The molecule has 0 unspecified atom stereocenters. The van der Waals surface area contributed by atoms with E-state index in [1.54, 1.807) is 36.2 Å². The molecule has 0 aliphatic rings. The Balaban J connectivity index is 1.94. The number of benzene rings is 1. The number of carbonyl (C=O) groups is 1. The molecule has 0 aliphatic heterocycles. The van der Waals surface area contributed by atoms with Crippen LogP contribution in [-0.2, 0) is 19.6 Å². The molecule has 0 spiro atoms. The Kier molecular flexibility index (Phi) is 5.25. The second kappa shape index (κ2) is 7.61. The molecule has 2 aromatic heterocycles. The van der Waals surface area contributed by atoms with E-state index < -0.39 is 5.69 Å². The predicted molar refractivity (Wildman–Crippen MR) is 103 cm³/mol. The van der Waals surface area contributed by atoms with Gasteiger partial charge in [-0.15, -0.1) is 0 Å². The molecule has 0 bridgehead atoms. The van der Waals surface area contributed by atoms with E-state index in [-0.39, 0.29) is 11.5 Å². The van der Waals surface area contributed by atoms with E-state index in [1.165, 1.54) is 0 Å². The summed E-state index contributed by atoms with van der Waals surface area (Å²) >= 11 is 0. The molecule has 0 fully saturated rings. The Morgan fingerprint density at radius 3 is 2.59 bits per heavy atom. The second-order valence-corrected chi connectivity index (χ2v) is 6.26. The van der Waals surface area contributed by atoms with Crippen molar-refractivity contribution in [2.45, 2.75) is 40.4 Å². The van der Waals surface area contributed by atoms with Crippen molar-refractivity contribution in [2.75, 3.05) is 6.54 Å². The Hall–Kier alpha value is -3.16. The van der Waals surface area contributed by atoms with E-state index in [4.69, 9.17) is 0 Å². The molecule has 0 radical (unpaired) electrons. The quantitative estimate of drug-likeness (QED) is 0.714. The maximum atomic E-state index is 12.9. The fourth-order valence-electron chi connectivity index (χ4n) is 3.07. The molecule has 1 amide bonds. The molecule has 1 N–H and O–H groups in total. The highest BCUT2D eigenvalue weighted by Crippen LogP contribution is 2.14. The zero-order valence-corrected chi connectivity index (χ0v) is 15.7. The molecule has 0 saturated heterocycles. The largest absolute Gasteiger partial charge is 0.334 e. The maximum absolute atomic E-state index is 12.9. The van der Waals surface area contributed by atoms with Crippen molar-refractivity contribution in [2.24, 2.45) is 0 Å². The molecule has 2 heterocycles. The van der Waals surface area contributed by atoms with Gasteiger partial charge in [-0.05, 0) is 39.0 Å². The van der Waals surface area contributed by atoms with Crippen LogP contribution in [0.5, 0.6) is 0 Å². The molecule has 8 heteroatoms. The van der Waals surface area contributed by atoms with Crippen LogP contribution in [0.1, 0.15) is 36.7 Å². The summed E-state index contributed by atoms with van der Waals surface area (Å²) in [7, 11) is 0. The van der Waals surface area contributed by atoms with E-state index in [0.717, 1.165) is 16.7 Å². The summed E-state index contributed by atoms with van der Waals surface area (Å²) in [5.41, 5.74) is 0.924. The lowest BCUT2D eigenvalue weighted by molar-refractivity contribution is 0.0752. The number of nitrogens with one attached hydrogen (secondary N) is 1. The lowest BCUT2D eigenvalue weighted by Crippen LogP contribution is -2.34. The Labute approximate surface area is 156 Å². The van der Waals surface area contributed by atoms with Crippen molar-refractivity contribution in [1.29, 1.82) is 0 Å². The third-order valence-corrected chi connectivity index (χ3v) is 4.60. The first-order chi connectivity index (χ1) is 13.0. The molecule has 3 aromatic rings. The van der Waals surface area contributed by atoms with Gasteiger partial charge in [0.2, 0.25) is 0 Å². The van der Waals surface area contributed by atoms with Crippen LogP contribution < -0.4 is 11.2 Å². The van der Waals surface area contributed by atoms with Crippen LogP contribution in [0.3, 0.4) is 0 Å². The van der Waals surface area contributed by atoms with Gasteiger partial charge >= 0.3 is 5.69 Å². The normalized spacial score (nSPS) is 11.1. The van der Waals surface area contributed by atoms with Gasteiger partial charge in [0.25, 0.3) is 11.5 Å². The fraction of sp³-hybridized carbons (Fsp3) is 0.368. The van der Waals surface area contributed by atoms with Crippen LogP contribution in [0.15, 0.2) is 40.2 Å². The molecule has 0 aliphatic carbocycles. The van der Waals surface area contributed by atoms with Crippen molar-refractivity contribution in [3.63, 3.8) is 0 Å². The third kappa shape index (κ3) is 3.55. The zero-order valence-electron chi connectivity index (χ0n) is 15.7. The summed E-state index contributed by atoms with van der Waals surface area (Å²) < 4.78 is 2.95. The molecule has 3 rings (SSSR count). The van der Waals surface area contributed by atoms with Crippen molar-refractivity contribution in [3.05, 3.63) is 62.6 Å². The van der Waals surface area contributed by atoms with E-state index in [9.17, 15) is 14.4 Å². The van der Waals surface area contributed by atoms with Gasteiger partial charge in [0.15, 0.2) is 0 Å². The van der Waals surface area contributed by atoms with Crippen LogP contribution >= 0.6 is 0 Å². The highest BCUT2D eigenvalue weighted by atomic mass is 16.2. The first-order valence-corrected chi connectivity index (χ1v) is 9.05. The number of nitrogens with zero attached hydrogens (tertiary/aromatic N) is 4. The molecule has 142 valence electrons. The van der Waals surface area contributed by atoms with Crippen molar-refractivity contribution in [1.82, 2.24) is 24.2 Å². The summed E-state index contributed by atoms with van der Waals surface area (Å²) in [4.78, 5) is 41.7. The van der Waals surface area contributed by atoms with Crippen LogP contribution in [0.4, 0.5) is 0 Å². The maximum Gasteiger partial charge on any atom is 0.328 e. The molecule has 27 heavy (non-hydrogen) atoms. The van der Waals surface area contributed by atoms with Gasteiger partial charge in [0, 0.05) is 43.5 Å². The minimum absolute atomic E-state index is 0.163. The highest BCUT2D eigenvalue weighted by molar-refractivity contribution is 5.97. The van der Waals surface area contributed by atoms with Crippen molar-refractivity contribution in [3.8, 4) is 0 Å². The Morgan fingerprint density at radius 2 is 1.96 bits per heavy atom. The van der Waals surface area contributed by atoms with Gasteiger partial charge in [-0.1, -0.05) is 0 Å². The fourth-order valence-corrected chi connectivity index (χ4v) is 3.07. The van der Waals surface area contributed by atoms with Gasteiger partial charge in [0.1, 0.15) is 0 Å². The number of fused-ring (bicyclic) bond motifs is 1. The second-order valence-electron chi connectivity index (χ2n) is 6.26. The summed E-state index contributed by atoms with van der Waals surface area (Å²) in [6, 6.07) is 4.79. The number of aromatic nitrogens is 4. The van der Waals surface area contributed by atoms with Gasteiger partial charge < -0.3 is 9.88 Å². The average Bonchev–Trinajstić information content (AvgIpc) is 3.13. The summed E-state index contributed by atoms with van der Waals surface area (Å²) in [5.74, 6) is -0.163. The van der Waals surface area contributed by atoms with Crippen LogP contribution in [0.25, 0.3) is 10.9 Å². The average molecular weight is 369 g/mol. The third-order valence-electron chi connectivity index (χ3n) is 4.60. The number of hydrogen-bond donors (Lipinski definition) is 1. The smallest absolute Gasteiger partial charge is 0.328 e. The van der Waals surface area contributed by atoms with Crippen LogP contribution in [-0.4, -0.2) is 36.7 Å². The van der Waals surface area contributed by atoms with Crippen molar-refractivity contribution < 1.29 is 4.79 Å². The Bertz CT molecular complexity index is 1090. The van der Waals surface area contributed by atoms with Gasteiger partial charge in [0.05, 0.1) is 17.1 Å². The first kappa shape index (κ1) is 18.6. The SMILES string of the molecule is CCN(Cc1cnn(CC)c1)C(=O)c1ccc2c(=O)n(CC)c(=O)[nH]c2c1. The predicted octanol–water partition coefficient (Wildman–Crippen LogP) is 1.59. The van der Waals surface area contributed by atoms with Crippen LogP contribution in [0.2, 0.25) is 0 Å². The number of carbonyl (C=O) groups excluding carboxylic acids is 1. The number of aromatic amines is 1. The first-order valence-electron chi connectivity index (χ1n) is 9.05. The lowest BCUT2D eigenvalue weighted by atomic mass is 10.1. The van der Waals surface area contributed by atoms with Gasteiger partial charge in [-0.25, -0.2) is 4.79 Å². The Morgan fingerprint density at radius 1 is 1.19 bits per heavy atom. The topological polar surface area (TPSA) is 93.0 Å². The molecular formula is C19H23N5O3. The summed E-state index contributed by atoms with van der Waals surface area (Å²) in [6.07, 6.45) is 3.67. The lowest BCUT2D eigenvalue weighted by Gasteiger charge is -2.20. The highest BCUT2D eigenvalue weighted by Gasteiger charge is 2.17. The van der Waals surface area contributed by atoms with Crippen LogP contribution in [0, 0.1) is 0 Å². The number of rotatable bonds is 6. The summed E-state index contributed by atoms with van der Waals surface area (Å²) in [6.45, 7) is 7.68. The number of H-pyrrole nitrogens is 1.